The molecule has 0 radical (unpaired) electrons. The lowest BCUT2D eigenvalue weighted by atomic mass is 9.99. The Hall–Kier alpha value is -4.84. The third-order valence-corrected chi connectivity index (χ3v) is 6.26. The maximum Gasteiger partial charge on any atom is 0.338 e. The minimum atomic E-state index is -0.616. The van der Waals surface area contributed by atoms with Crippen LogP contribution in [-0.2, 0) is 9.59 Å². The zero-order valence-corrected chi connectivity index (χ0v) is 25.6. The Morgan fingerprint density at radius 1 is 0.605 bits per heavy atom. The van der Waals surface area contributed by atoms with Gasteiger partial charge < -0.3 is 18.9 Å². The first-order chi connectivity index (χ1) is 20.5. The quantitative estimate of drug-likeness (QED) is 0.0773. The fraction of sp³-hybridized carbons (Fsp3) is 0.243. The molecule has 0 unspecified atom stereocenters. The molecule has 6 nitrogen and oxygen atoms in total. The highest BCUT2D eigenvalue weighted by Gasteiger charge is 2.18. The molecule has 0 atom stereocenters. The molecule has 0 saturated heterocycles. The summed E-state index contributed by atoms with van der Waals surface area (Å²) in [6.45, 7) is 23.5. The zero-order chi connectivity index (χ0) is 31.5. The minimum Gasteiger partial charge on any atom is -0.485 e. The van der Waals surface area contributed by atoms with Crippen molar-refractivity contribution in [2.45, 2.75) is 47.0 Å². The maximum atomic E-state index is 12.6. The number of esters is 2. The van der Waals surface area contributed by atoms with E-state index in [2.05, 4.69) is 26.3 Å². The molecule has 0 bridgehead atoms. The lowest BCUT2D eigenvalue weighted by molar-refractivity contribution is -0.132. The smallest absolute Gasteiger partial charge is 0.338 e. The molecular weight excluding hydrogens is 540 g/mol. The van der Waals surface area contributed by atoms with E-state index in [1.807, 2.05) is 69.3 Å². The molecule has 0 aliphatic heterocycles. The summed E-state index contributed by atoms with van der Waals surface area (Å²) in [4.78, 5) is 25.0. The van der Waals surface area contributed by atoms with Crippen molar-refractivity contribution in [2.75, 3.05) is 13.2 Å². The summed E-state index contributed by atoms with van der Waals surface area (Å²) in [5.74, 6) is 0.342. The molecule has 0 saturated carbocycles. The Bertz CT molecular complexity index is 1530. The van der Waals surface area contributed by atoms with Crippen LogP contribution >= 0.6 is 0 Å². The molecule has 0 amide bonds. The second-order valence-electron chi connectivity index (χ2n) is 10.7. The third kappa shape index (κ3) is 9.60. The van der Waals surface area contributed by atoms with E-state index in [1.54, 1.807) is 19.1 Å². The van der Waals surface area contributed by atoms with E-state index in [9.17, 15) is 9.59 Å². The number of hydrogen-bond acceptors (Lipinski definition) is 6. The molecule has 0 fully saturated rings. The Labute approximate surface area is 254 Å². The minimum absolute atomic E-state index is 0.121. The second kappa shape index (κ2) is 15.4. The first-order valence-electron chi connectivity index (χ1n) is 14.2. The molecule has 224 valence electrons. The fourth-order valence-corrected chi connectivity index (χ4v) is 3.88. The SMILES string of the molecule is C=C(C)COc1ccc(-c2ccc(-c3ccc(OC(=O)C(=C)CCCC)c(OC(=O)C(=C)C)c3)cc2)cc1OCC(=C)C. The molecule has 0 aliphatic carbocycles. The Morgan fingerprint density at radius 3 is 1.58 bits per heavy atom. The van der Waals surface area contributed by atoms with Gasteiger partial charge in [0.05, 0.1) is 0 Å². The summed E-state index contributed by atoms with van der Waals surface area (Å²) >= 11 is 0. The van der Waals surface area contributed by atoms with Crippen molar-refractivity contribution in [3.05, 3.63) is 109 Å². The number of unbranched alkanes of at least 4 members (excludes halogenated alkanes) is 1. The van der Waals surface area contributed by atoms with Gasteiger partial charge in [-0.25, -0.2) is 9.59 Å². The van der Waals surface area contributed by atoms with Crippen molar-refractivity contribution in [3.8, 4) is 45.3 Å². The van der Waals surface area contributed by atoms with Gasteiger partial charge in [-0.3, -0.25) is 0 Å². The molecule has 0 spiro atoms. The van der Waals surface area contributed by atoms with Crippen molar-refractivity contribution < 1.29 is 28.5 Å². The average Bonchev–Trinajstić information content (AvgIpc) is 2.98. The molecule has 0 heterocycles. The highest BCUT2D eigenvalue weighted by molar-refractivity contribution is 5.92. The van der Waals surface area contributed by atoms with Crippen LogP contribution in [0.5, 0.6) is 23.0 Å². The third-order valence-electron chi connectivity index (χ3n) is 6.26. The van der Waals surface area contributed by atoms with Crippen LogP contribution in [0, 0.1) is 0 Å². The molecule has 3 rings (SSSR count). The molecule has 0 aromatic heterocycles. The monoisotopic (exact) mass is 580 g/mol. The van der Waals surface area contributed by atoms with Gasteiger partial charge in [-0.15, -0.1) is 0 Å². The summed E-state index contributed by atoms with van der Waals surface area (Å²) in [5.41, 5.74) is 5.97. The summed E-state index contributed by atoms with van der Waals surface area (Å²) < 4.78 is 23.0. The van der Waals surface area contributed by atoms with Crippen molar-refractivity contribution in [1.29, 1.82) is 0 Å². The van der Waals surface area contributed by atoms with Gasteiger partial charge >= 0.3 is 11.9 Å². The van der Waals surface area contributed by atoms with Crippen LogP contribution < -0.4 is 18.9 Å². The Balaban J connectivity index is 1.90. The van der Waals surface area contributed by atoms with Crippen molar-refractivity contribution in [2.24, 2.45) is 0 Å². The second-order valence-corrected chi connectivity index (χ2v) is 10.7. The van der Waals surface area contributed by atoms with Gasteiger partial charge in [0.25, 0.3) is 0 Å². The fourth-order valence-electron chi connectivity index (χ4n) is 3.88. The van der Waals surface area contributed by atoms with Gasteiger partial charge in [0.2, 0.25) is 0 Å². The highest BCUT2D eigenvalue weighted by atomic mass is 16.6. The Kier molecular flexibility index (Phi) is 11.7. The van der Waals surface area contributed by atoms with E-state index in [0.29, 0.717) is 36.7 Å². The zero-order valence-electron chi connectivity index (χ0n) is 25.6. The number of carbonyl (C=O) groups excluding carboxylic acids is 2. The number of hydrogen-bond donors (Lipinski definition) is 0. The number of ether oxygens (including phenoxy) is 4. The average molecular weight is 581 g/mol. The van der Waals surface area contributed by atoms with Crippen molar-refractivity contribution >= 4 is 11.9 Å². The van der Waals surface area contributed by atoms with Gasteiger partial charge in [0, 0.05) is 11.1 Å². The van der Waals surface area contributed by atoms with E-state index in [-0.39, 0.29) is 17.1 Å². The van der Waals surface area contributed by atoms with E-state index in [4.69, 9.17) is 18.9 Å². The molecule has 43 heavy (non-hydrogen) atoms. The van der Waals surface area contributed by atoms with Gasteiger partial charge in [-0.2, -0.15) is 0 Å². The van der Waals surface area contributed by atoms with E-state index < -0.39 is 11.9 Å². The molecule has 3 aromatic carbocycles. The lowest BCUT2D eigenvalue weighted by Gasteiger charge is -2.15. The topological polar surface area (TPSA) is 71.1 Å². The molecule has 6 heteroatoms. The summed E-state index contributed by atoms with van der Waals surface area (Å²) in [6.07, 6.45) is 2.29. The van der Waals surface area contributed by atoms with Crippen molar-refractivity contribution in [3.63, 3.8) is 0 Å². The molecule has 3 aromatic rings. The van der Waals surface area contributed by atoms with Crippen LogP contribution in [0.25, 0.3) is 22.3 Å². The van der Waals surface area contributed by atoms with Crippen molar-refractivity contribution in [1.82, 2.24) is 0 Å². The van der Waals surface area contributed by atoms with Gasteiger partial charge in [-0.1, -0.05) is 76.1 Å². The van der Waals surface area contributed by atoms with Crippen LogP contribution in [-0.4, -0.2) is 25.2 Å². The maximum absolute atomic E-state index is 12.6. The molecule has 0 N–H and O–H groups in total. The molecular formula is C37H40O6. The number of benzene rings is 3. The van der Waals surface area contributed by atoms with Gasteiger partial charge in [0.1, 0.15) is 13.2 Å². The van der Waals surface area contributed by atoms with Crippen LogP contribution in [0.1, 0.15) is 47.0 Å². The van der Waals surface area contributed by atoms with E-state index >= 15 is 0 Å². The number of rotatable bonds is 15. The lowest BCUT2D eigenvalue weighted by Crippen LogP contribution is -2.13. The van der Waals surface area contributed by atoms with E-state index in [1.165, 1.54) is 0 Å². The predicted octanol–water partition coefficient (Wildman–Crippen LogP) is 9.06. The first-order valence-corrected chi connectivity index (χ1v) is 14.2. The summed E-state index contributed by atoms with van der Waals surface area (Å²) in [6, 6.07) is 18.8. The van der Waals surface area contributed by atoms with Crippen LogP contribution in [0.15, 0.2) is 109 Å². The van der Waals surface area contributed by atoms with Gasteiger partial charge in [-0.05, 0) is 91.3 Å². The first kappa shape index (κ1) is 32.7. The predicted molar refractivity (Wildman–Crippen MR) is 173 cm³/mol. The van der Waals surface area contributed by atoms with Crippen LogP contribution in [0.4, 0.5) is 0 Å². The number of carbonyl (C=O) groups is 2. The van der Waals surface area contributed by atoms with Crippen LogP contribution in [0.2, 0.25) is 0 Å². The van der Waals surface area contributed by atoms with Gasteiger partial charge in [0.15, 0.2) is 23.0 Å². The highest BCUT2D eigenvalue weighted by Crippen LogP contribution is 2.36. The summed E-state index contributed by atoms with van der Waals surface area (Å²) in [7, 11) is 0. The van der Waals surface area contributed by atoms with Crippen LogP contribution in [0.3, 0.4) is 0 Å². The normalized spacial score (nSPS) is 10.4. The van der Waals surface area contributed by atoms with E-state index in [0.717, 1.165) is 46.2 Å². The molecule has 0 aliphatic rings. The Morgan fingerprint density at radius 2 is 1.07 bits per heavy atom. The largest absolute Gasteiger partial charge is 0.485 e. The standard InChI is InChI=1S/C37H40O6/c1-9-10-11-27(8)37(39)42-33-19-17-31(21-35(33)43-36(38)26(6)7)29-14-12-28(13-15-29)30-16-18-32(40-22-24(2)3)34(20-30)41-23-25(4)5/h12-21H,2,4,6,8-11,22-23H2,1,3,5,7H3. The summed E-state index contributed by atoms with van der Waals surface area (Å²) in [5, 5.41) is 0.